The van der Waals surface area contributed by atoms with Crippen LogP contribution < -0.4 is 10.2 Å². The molecule has 1 aromatic heterocycles. The molecular weight excluding hydrogens is 378 g/mol. The first-order valence-corrected chi connectivity index (χ1v) is 9.08. The Hall–Kier alpha value is -2.47. The molecule has 0 saturated carbocycles. The summed E-state index contributed by atoms with van der Waals surface area (Å²) in [6.45, 7) is 2.99. The minimum absolute atomic E-state index is 0.502. The summed E-state index contributed by atoms with van der Waals surface area (Å²) in [5, 5.41) is 11.5. The molecule has 2 heterocycles. The van der Waals surface area contributed by atoms with Crippen molar-refractivity contribution in [2.45, 2.75) is 19.8 Å². The summed E-state index contributed by atoms with van der Waals surface area (Å²) in [6.07, 6.45) is 3.93. The highest BCUT2D eigenvalue weighted by atomic mass is 79.9. The van der Waals surface area contributed by atoms with Crippen molar-refractivity contribution in [3.05, 3.63) is 64.3 Å². The standard InChI is InChI=1S/C19H18BrN5/c1-13-11-15(8-9-16(13)20)22-19-23-18(12-21-24-19)25-10-4-6-14-5-2-3-7-17(14)25/h2-3,5,7-9,11-12H,4,6,10H2,1H3,(H,22,23,24). The van der Waals surface area contributed by atoms with Crippen LogP contribution in [0.2, 0.25) is 0 Å². The van der Waals surface area contributed by atoms with E-state index in [1.165, 1.54) is 11.3 Å². The first-order chi connectivity index (χ1) is 12.2. The topological polar surface area (TPSA) is 53.9 Å². The van der Waals surface area contributed by atoms with Crippen molar-refractivity contribution in [1.82, 2.24) is 15.2 Å². The number of nitrogens with zero attached hydrogens (tertiary/aromatic N) is 4. The Morgan fingerprint density at radius 2 is 2.04 bits per heavy atom. The van der Waals surface area contributed by atoms with E-state index in [0.29, 0.717) is 5.95 Å². The first-order valence-electron chi connectivity index (χ1n) is 8.29. The lowest BCUT2D eigenvalue weighted by atomic mass is 10.0. The number of aryl methyl sites for hydroxylation is 2. The Morgan fingerprint density at radius 1 is 1.16 bits per heavy atom. The summed E-state index contributed by atoms with van der Waals surface area (Å²) in [6, 6.07) is 14.5. The van der Waals surface area contributed by atoms with Gasteiger partial charge in [0.05, 0.1) is 6.20 Å². The van der Waals surface area contributed by atoms with E-state index < -0.39 is 0 Å². The largest absolute Gasteiger partial charge is 0.325 e. The molecule has 4 rings (SSSR count). The molecule has 0 radical (unpaired) electrons. The molecule has 0 bridgehead atoms. The van der Waals surface area contributed by atoms with E-state index >= 15 is 0 Å². The van der Waals surface area contributed by atoms with Crippen LogP contribution in [0.25, 0.3) is 0 Å². The molecule has 1 aliphatic rings. The summed E-state index contributed by atoms with van der Waals surface area (Å²) in [4.78, 5) is 6.89. The molecule has 1 aliphatic heterocycles. The Kier molecular flexibility index (Phi) is 4.36. The Morgan fingerprint density at radius 3 is 2.92 bits per heavy atom. The van der Waals surface area contributed by atoms with Gasteiger partial charge in [-0.05, 0) is 55.2 Å². The SMILES string of the molecule is Cc1cc(Nc2nncc(N3CCCc4ccccc43)n2)ccc1Br. The number of anilines is 4. The summed E-state index contributed by atoms with van der Waals surface area (Å²) in [5.41, 5.74) is 4.66. The van der Waals surface area contributed by atoms with Crippen LogP contribution in [0.1, 0.15) is 17.5 Å². The van der Waals surface area contributed by atoms with Crippen molar-refractivity contribution in [3.8, 4) is 0 Å². The van der Waals surface area contributed by atoms with Gasteiger partial charge < -0.3 is 10.2 Å². The molecule has 1 N–H and O–H groups in total. The first kappa shape index (κ1) is 16.0. The fourth-order valence-electron chi connectivity index (χ4n) is 3.10. The van der Waals surface area contributed by atoms with Crippen LogP contribution in [0.3, 0.4) is 0 Å². The Balaban J connectivity index is 1.63. The molecule has 2 aromatic carbocycles. The van der Waals surface area contributed by atoms with Crippen LogP contribution in [0.15, 0.2) is 53.1 Å². The van der Waals surface area contributed by atoms with Gasteiger partial charge in [-0.1, -0.05) is 34.1 Å². The zero-order chi connectivity index (χ0) is 17.2. The number of nitrogens with one attached hydrogen (secondary N) is 1. The van der Waals surface area contributed by atoms with E-state index in [0.717, 1.165) is 40.9 Å². The smallest absolute Gasteiger partial charge is 0.249 e. The minimum atomic E-state index is 0.502. The van der Waals surface area contributed by atoms with Crippen LogP contribution in [0.5, 0.6) is 0 Å². The number of hydrogen-bond donors (Lipinski definition) is 1. The zero-order valence-corrected chi connectivity index (χ0v) is 15.5. The molecule has 0 aliphatic carbocycles. The molecule has 0 atom stereocenters. The average molecular weight is 396 g/mol. The zero-order valence-electron chi connectivity index (χ0n) is 13.9. The van der Waals surface area contributed by atoms with Gasteiger partial charge in [0.1, 0.15) is 0 Å². The Bertz CT molecular complexity index is 912. The highest BCUT2D eigenvalue weighted by molar-refractivity contribution is 9.10. The number of rotatable bonds is 3. The second kappa shape index (κ2) is 6.80. The van der Waals surface area contributed by atoms with Crippen LogP contribution in [-0.2, 0) is 6.42 Å². The molecular formula is C19H18BrN5. The van der Waals surface area contributed by atoms with Crippen molar-refractivity contribution in [2.75, 3.05) is 16.8 Å². The number of halogens is 1. The maximum atomic E-state index is 4.67. The normalized spacial score (nSPS) is 13.4. The maximum absolute atomic E-state index is 4.67. The van der Waals surface area contributed by atoms with Gasteiger partial charge in [0.2, 0.25) is 5.95 Å². The average Bonchev–Trinajstić information content (AvgIpc) is 2.64. The van der Waals surface area contributed by atoms with Crippen LogP contribution in [-0.4, -0.2) is 21.7 Å². The summed E-state index contributed by atoms with van der Waals surface area (Å²) in [7, 11) is 0. The van der Waals surface area contributed by atoms with Crippen molar-refractivity contribution in [1.29, 1.82) is 0 Å². The van der Waals surface area contributed by atoms with Crippen LogP contribution in [0.4, 0.5) is 23.1 Å². The predicted octanol–water partition coefficient (Wildman–Crippen LogP) is 4.77. The second-order valence-electron chi connectivity index (χ2n) is 6.11. The predicted molar refractivity (Wildman–Crippen MR) is 104 cm³/mol. The molecule has 0 amide bonds. The fraction of sp³-hybridized carbons (Fsp3) is 0.211. The van der Waals surface area contributed by atoms with Crippen molar-refractivity contribution in [3.63, 3.8) is 0 Å². The molecule has 6 heteroatoms. The quantitative estimate of drug-likeness (QED) is 0.691. The van der Waals surface area contributed by atoms with Crippen LogP contribution >= 0.6 is 15.9 Å². The van der Waals surface area contributed by atoms with E-state index in [2.05, 4.69) is 78.6 Å². The highest BCUT2D eigenvalue weighted by Gasteiger charge is 2.19. The van der Waals surface area contributed by atoms with E-state index in [1.54, 1.807) is 6.20 Å². The number of benzene rings is 2. The third-order valence-electron chi connectivity index (χ3n) is 4.35. The van der Waals surface area contributed by atoms with Crippen molar-refractivity contribution in [2.24, 2.45) is 0 Å². The number of aromatic nitrogens is 3. The molecule has 126 valence electrons. The number of fused-ring (bicyclic) bond motifs is 1. The van der Waals surface area contributed by atoms with E-state index in [9.17, 15) is 0 Å². The van der Waals surface area contributed by atoms with E-state index in [1.807, 2.05) is 12.1 Å². The van der Waals surface area contributed by atoms with Gasteiger partial charge in [-0.2, -0.15) is 10.1 Å². The fourth-order valence-corrected chi connectivity index (χ4v) is 3.35. The van der Waals surface area contributed by atoms with Gasteiger partial charge in [-0.25, -0.2) is 0 Å². The highest BCUT2D eigenvalue weighted by Crippen LogP contribution is 2.32. The Labute approximate surface area is 155 Å². The van der Waals surface area contributed by atoms with Gasteiger partial charge in [0.25, 0.3) is 0 Å². The second-order valence-corrected chi connectivity index (χ2v) is 6.97. The van der Waals surface area contributed by atoms with Gasteiger partial charge in [0.15, 0.2) is 5.82 Å². The molecule has 0 unspecified atom stereocenters. The lowest BCUT2D eigenvalue weighted by Gasteiger charge is -2.30. The van der Waals surface area contributed by atoms with Crippen molar-refractivity contribution >= 4 is 39.1 Å². The number of para-hydroxylation sites is 1. The molecule has 0 fully saturated rings. The van der Waals surface area contributed by atoms with Gasteiger partial charge in [0, 0.05) is 22.4 Å². The van der Waals surface area contributed by atoms with E-state index in [-0.39, 0.29) is 0 Å². The van der Waals surface area contributed by atoms with E-state index in [4.69, 9.17) is 0 Å². The van der Waals surface area contributed by atoms with Crippen molar-refractivity contribution < 1.29 is 0 Å². The van der Waals surface area contributed by atoms with Crippen LogP contribution in [0, 0.1) is 6.92 Å². The van der Waals surface area contributed by atoms with Gasteiger partial charge >= 0.3 is 0 Å². The lowest BCUT2D eigenvalue weighted by Crippen LogP contribution is -2.25. The summed E-state index contributed by atoms with van der Waals surface area (Å²) >= 11 is 3.52. The molecule has 3 aromatic rings. The minimum Gasteiger partial charge on any atom is -0.325 e. The summed E-state index contributed by atoms with van der Waals surface area (Å²) in [5.74, 6) is 1.32. The molecule has 0 saturated heterocycles. The summed E-state index contributed by atoms with van der Waals surface area (Å²) < 4.78 is 1.08. The molecule has 25 heavy (non-hydrogen) atoms. The monoisotopic (exact) mass is 395 g/mol. The lowest BCUT2D eigenvalue weighted by molar-refractivity contribution is 0.754. The number of hydrogen-bond acceptors (Lipinski definition) is 5. The third kappa shape index (κ3) is 3.35. The van der Waals surface area contributed by atoms with Gasteiger partial charge in [-0.3, -0.25) is 0 Å². The maximum Gasteiger partial charge on any atom is 0.249 e. The molecule has 5 nitrogen and oxygen atoms in total. The van der Waals surface area contributed by atoms with Gasteiger partial charge in [-0.15, -0.1) is 5.10 Å². The molecule has 0 spiro atoms. The third-order valence-corrected chi connectivity index (χ3v) is 5.24.